The minimum Gasteiger partial charge on any atom is -0.381 e. The Labute approximate surface area is 173 Å². The summed E-state index contributed by atoms with van der Waals surface area (Å²) in [5.41, 5.74) is -0.124. The lowest BCUT2D eigenvalue weighted by Crippen LogP contribution is -2.30. The van der Waals surface area contributed by atoms with E-state index < -0.39 is 17.5 Å². The van der Waals surface area contributed by atoms with Gasteiger partial charge in [0, 0.05) is 43.9 Å². The molecule has 4 atom stereocenters. The zero-order valence-electron chi connectivity index (χ0n) is 16.7. The molecule has 5 nitrogen and oxygen atoms in total. The molecule has 8 heteroatoms. The molecule has 1 aromatic heterocycles. The van der Waals surface area contributed by atoms with Crippen molar-refractivity contribution in [1.29, 1.82) is 0 Å². The van der Waals surface area contributed by atoms with Crippen LogP contribution in [-0.2, 0) is 4.74 Å². The highest BCUT2D eigenvalue weighted by Crippen LogP contribution is 2.39. The molecule has 2 unspecified atom stereocenters. The predicted octanol–water partition coefficient (Wildman–Crippen LogP) is 3.72. The van der Waals surface area contributed by atoms with Crippen molar-refractivity contribution >= 4 is 5.82 Å². The monoisotopic (exact) mass is 418 g/mol. The van der Waals surface area contributed by atoms with Crippen LogP contribution < -0.4 is 5.32 Å². The van der Waals surface area contributed by atoms with Crippen LogP contribution in [0.5, 0.6) is 0 Å². The van der Waals surface area contributed by atoms with Gasteiger partial charge in [0.15, 0.2) is 11.6 Å². The summed E-state index contributed by atoms with van der Waals surface area (Å²) in [4.78, 5) is 2.59. The van der Waals surface area contributed by atoms with Crippen LogP contribution in [0.25, 0.3) is 11.3 Å². The minimum absolute atomic E-state index is 0.103. The van der Waals surface area contributed by atoms with E-state index in [0.717, 1.165) is 51.8 Å². The Morgan fingerprint density at radius 2 is 1.87 bits per heavy atom. The lowest BCUT2D eigenvalue weighted by molar-refractivity contribution is 0.171. The Morgan fingerprint density at radius 1 is 1.07 bits per heavy atom. The van der Waals surface area contributed by atoms with Gasteiger partial charge in [0.2, 0.25) is 0 Å². The fourth-order valence-electron chi connectivity index (χ4n) is 5.26. The maximum absolute atomic E-state index is 14.0. The second-order valence-corrected chi connectivity index (χ2v) is 8.83. The summed E-state index contributed by atoms with van der Waals surface area (Å²) in [6.45, 7) is 5.24. The smallest absolute Gasteiger partial charge is 0.168 e. The molecule has 2 saturated heterocycles. The number of hydrogen-bond donors (Lipinski definition) is 1. The highest BCUT2D eigenvalue weighted by Gasteiger charge is 2.41. The van der Waals surface area contributed by atoms with Crippen LogP contribution in [-0.4, -0.2) is 54.0 Å². The van der Waals surface area contributed by atoms with E-state index >= 15 is 0 Å². The van der Waals surface area contributed by atoms with Gasteiger partial charge in [0.25, 0.3) is 0 Å². The largest absolute Gasteiger partial charge is 0.381 e. The van der Waals surface area contributed by atoms with Crippen molar-refractivity contribution in [1.82, 2.24) is 15.1 Å². The van der Waals surface area contributed by atoms with E-state index in [1.807, 2.05) is 0 Å². The molecule has 30 heavy (non-hydrogen) atoms. The molecule has 2 aliphatic heterocycles. The molecule has 0 bridgehead atoms. The fraction of sp³-hybridized carbons (Fsp3) is 0.545. The molecule has 0 amide bonds. The maximum Gasteiger partial charge on any atom is 0.168 e. The summed E-state index contributed by atoms with van der Waals surface area (Å²) in [5.74, 6) is -0.531. The third-order valence-electron chi connectivity index (χ3n) is 6.65. The number of ether oxygens (including phenoxy) is 1. The van der Waals surface area contributed by atoms with Crippen molar-refractivity contribution in [3.63, 3.8) is 0 Å². The Balaban J connectivity index is 1.17. The normalized spacial score (nSPS) is 28.8. The molecule has 0 radical (unpaired) electrons. The van der Waals surface area contributed by atoms with Crippen LogP contribution >= 0.6 is 0 Å². The predicted molar refractivity (Wildman–Crippen MR) is 106 cm³/mol. The van der Waals surface area contributed by atoms with Crippen LogP contribution in [0.1, 0.15) is 19.3 Å². The summed E-state index contributed by atoms with van der Waals surface area (Å²) < 4.78 is 46.3. The molecule has 0 spiro atoms. The first kappa shape index (κ1) is 19.8. The van der Waals surface area contributed by atoms with Crippen molar-refractivity contribution in [3.8, 4) is 11.3 Å². The first-order valence-electron chi connectivity index (χ1n) is 10.6. The number of rotatable bonds is 5. The topological polar surface area (TPSA) is 50.3 Å². The van der Waals surface area contributed by atoms with Gasteiger partial charge in [-0.2, -0.15) is 0 Å². The van der Waals surface area contributed by atoms with Crippen molar-refractivity contribution in [2.75, 3.05) is 38.2 Å². The van der Waals surface area contributed by atoms with Crippen LogP contribution in [0.2, 0.25) is 0 Å². The van der Waals surface area contributed by atoms with Gasteiger partial charge in [-0.1, -0.05) is 0 Å². The van der Waals surface area contributed by atoms with Crippen LogP contribution in [0.15, 0.2) is 24.3 Å². The van der Waals surface area contributed by atoms with Crippen LogP contribution in [0.3, 0.4) is 0 Å². The first-order valence-corrected chi connectivity index (χ1v) is 10.6. The highest BCUT2D eigenvalue weighted by atomic mass is 19.2. The number of likely N-dealkylation sites (tertiary alicyclic amines) is 1. The Kier molecular flexibility index (Phi) is 5.37. The van der Waals surface area contributed by atoms with E-state index in [9.17, 15) is 13.2 Å². The Morgan fingerprint density at radius 3 is 2.53 bits per heavy atom. The average Bonchev–Trinajstić information content (AvgIpc) is 3.43. The van der Waals surface area contributed by atoms with E-state index in [2.05, 4.69) is 20.4 Å². The number of fused-ring (bicyclic) bond motifs is 1. The number of anilines is 1. The number of hydrogen-bond acceptors (Lipinski definition) is 5. The molecular weight excluding hydrogens is 393 g/mol. The molecular formula is C22H25F3N4O. The van der Waals surface area contributed by atoms with E-state index in [1.165, 1.54) is 12.5 Å². The highest BCUT2D eigenvalue weighted by molar-refractivity contribution is 5.60. The minimum atomic E-state index is -1.24. The number of benzene rings is 1. The van der Waals surface area contributed by atoms with Crippen molar-refractivity contribution in [2.24, 2.45) is 17.8 Å². The Hall–Kier alpha value is -2.19. The summed E-state index contributed by atoms with van der Waals surface area (Å²) in [6.07, 6.45) is 3.36. The fourth-order valence-corrected chi connectivity index (χ4v) is 5.26. The molecule has 1 aromatic carbocycles. The molecule has 3 fully saturated rings. The summed E-state index contributed by atoms with van der Waals surface area (Å²) in [7, 11) is 0. The average molecular weight is 418 g/mol. The zero-order valence-corrected chi connectivity index (χ0v) is 16.7. The number of halogens is 3. The van der Waals surface area contributed by atoms with Gasteiger partial charge in [-0.05, 0) is 55.2 Å². The van der Waals surface area contributed by atoms with Crippen LogP contribution in [0.4, 0.5) is 19.0 Å². The third-order valence-corrected chi connectivity index (χ3v) is 6.65. The van der Waals surface area contributed by atoms with Gasteiger partial charge in [-0.3, -0.25) is 0 Å². The SMILES string of the molecule is Fc1cc(F)c(F)c(-c2ccc(NC3C[C@@H]4CN(CC5CCOC5)C[C@@H]4C3)nn2)c1. The molecule has 1 N–H and O–H groups in total. The summed E-state index contributed by atoms with van der Waals surface area (Å²) >= 11 is 0. The summed E-state index contributed by atoms with van der Waals surface area (Å²) in [6, 6.07) is 5.00. The molecule has 2 aromatic rings. The van der Waals surface area contributed by atoms with Gasteiger partial charge < -0.3 is 15.0 Å². The third kappa shape index (κ3) is 4.03. The zero-order chi connectivity index (χ0) is 20.7. The molecule has 3 heterocycles. The Bertz CT molecular complexity index is 890. The van der Waals surface area contributed by atoms with Gasteiger partial charge in [-0.15, -0.1) is 10.2 Å². The number of aromatic nitrogens is 2. The summed E-state index contributed by atoms with van der Waals surface area (Å²) in [5, 5.41) is 11.5. The van der Waals surface area contributed by atoms with Crippen LogP contribution in [0, 0.1) is 35.2 Å². The van der Waals surface area contributed by atoms with E-state index in [0.29, 0.717) is 35.7 Å². The molecule has 160 valence electrons. The maximum atomic E-state index is 14.0. The standard InChI is InChI=1S/C22H25F3N4O/c23-16-7-18(22(25)19(24)8-16)20-1-2-21(28-27-20)26-17-5-14-10-29(11-15(14)6-17)9-13-3-4-30-12-13/h1-2,7-8,13-15,17H,3-6,9-12H2,(H,26,28)/t13?,14-,15+,17?. The lowest BCUT2D eigenvalue weighted by atomic mass is 10.0. The van der Waals surface area contributed by atoms with E-state index in [1.54, 1.807) is 6.07 Å². The number of nitrogens with one attached hydrogen (secondary N) is 1. The molecule has 1 saturated carbocycles. The second-order valence-electron chi connectivity index (χ2n) is 8.83. The van der Waals surface area contributed by atoms with Crippen molar-refractivity contribution in [2.45, 2.75) is 25.3 Å². The molecule has 1 aliphatic carbocycles. The van der Waals surface area contributed by atoms with Gasteiger partial charge in [0.1, 0.15) is 11.6 Å². The van der Waals surface area contributed by atoms with E-state index in [4.69, 9.17) is 4.74 Å². The quantitative estimate of drug-likeness (QED) is 0.750. The molecule has 5 rings (SSSR count). The van der Waals surface area contributed by atoms with E-state index in [-0.39, 0.29) is 11.3 Å². The lowest BCUT2D eigenvalue weighted by Gasteiger charge is -2.22. The van der Waals surface area contributed by atoms with Gasteiger partial charge >= 0.3 is 0 Å². The van der Waals surface area contributed by atoms with Crippen molar-refractivity contribution in [3.05, 3.63) is 41.7 Å². The first-order chi connectivity index (χ1) is 14.5. The number of nitrogens with zero attached hydrogens (tertiary/aromatic N) is 3. The van der Waals surface area contributed by atoms with Crippen molar-refractivity contribution < 1.29 is 17.9 Å². The second kappa shape index (κ2) is 8.15. The van der Waals surface area contributed by atoms with Gasteiger partial charge in [-0.25, -0.2) is 13.2 Å². The van der Waals surface area contributed by atoms with Gasteiger partial charge in [0.05, 0.1) is 12.3 Å². The molecule has 3 aliphatic rings.